The highest BCUT2D eigenvalue weighted by Crippen LogP contribution is 2.42. The zero-order valence-corrected chi connectivity index (χ0v) is 30.3. The highest BCUT2D eigenvalue weighted by Gasteiger charge is 2.26. The van der Waals surface area contributed by atoms with E-state index in [1.807, 2.05) is 48.5 Å². The largest absolute Gasteiger partial charge is 0.481 e. The molecule has 1 saturated heterocycles. The van der Waals surface area contributed by atoms with E-state index in [0.29, 0.717) is 80.8 Å². The molecule has 52 heavy (non-hydrogen) atoms. The summed E-state index contributed by atoms with van der Waals surface area (Å²) in [4.78, 5) is 47.6. The van der Waals surface area contributed by atoms with Crippen molar-refractivity contribution in [2.45, 2.75) is 51.9 Å². The predicted molar refractivity (Wildman–Crippen MR) is 200 cm³/mol. The van der Waals surface area contributed by atoms with Crippen LogP contribution < -0.4 is 20.9 Å². The number of carbonyl (C=O) groups excluding carboxylic acids is 1. The van der Waals surface area contributed by atoms with Crippen LogP contribution in [0.2, 0.25) is 10.0 Å². The lowest BCUT2D eigenvalue weighted by molar-refractivity contribution is -0.119. The molecule has 0 radical (unpaired) electrons. The standard InChI is InChI=1S/C38H38Cl2N6O6/c1-21(47)17-41-18-30-22(2)42-32-16-23(14-15-46(32)37(30)49)26-6-4-7-27(34(26)39)28-8-5-9-29(35(28)40)31-12-10-24(36(44-31)52-3)19-45(38(50)51)20-25-11-13-33(48)43-25/h4-10,12,14-16,21,25,41,47H,11,13,17-20H2,1-3H3,(H,43,48)(H,50,51). The van der Waals surface area contributed by atoms with E-state index in [-0.39, 0.29) is 36.5 Å². The van der Waals surface area contributed by atoms with Crippen molar-refractivity contribution >= 4 is 40.8 Å². The Morgan fingerprint density at radius 2 is 1.75 bits per heavy atom. The van der Waals surface area contributed by atoms with Crippen LogP contribution in [0.25, 0.3) is 39.2 Å². The molecule has 1 fully saturated rings. The third kappa shape index (κ3) is 7.75. The Labute approximate surface area is 310 Å². The van der Waals surface area contributed by atoms with Crippen LogP contribution in [0.5, 0.6) is 5.88 Å². The number of carbonyl (C=O) groups is 2. The third-order valence-electron chi connectivity index (χ3n) is 9.04. The Balaban J connectivity index is 1.29. The number of halogens is 2. The number of carboxylic acid groups (broad SMARTS) is 1. The van der Waals surface area contributed by atoms with E-state index in [4.69, 9.17) is 37.9 Å². The van der Waals surface area contributed by atoms with Crippen molar-refractivity contribution in [2.75, 3.05) is 20.2 Å². The summed E-state index contributed by atoms with van der Waals surface area (Å²) >= 11 is 14.2. The van der Waals surface area contributed by atoms with Crippen molar-refractivity contribution < 1.29 is 24.5 Å². The molecule has 5 aromatic rings. The summed E-state index contributed by atoms with van der Waals surface area (Å²) in [6.45, 7) is 4.29. The maximum atomic E-state index is 13.3. The van der Waals surface area contributed by atoms with Crippen molar-refractivity contribution in [3.8, 4) is 39.4 Å². The number of aromatic nitrogens is 3. The summed E-state index contributed by atoms with van der Waals surface area (Å²) in [5.74, 6) is 0.168. The van der Waals surface area contributed by atoms with Gasteiger partial charge in [0.15, 0.2) is 0 Å². The molecule has 2 aromatic carbocycles. The van der Waals surface area contributed by atoms with Crippen molar-refractivity contribution in [3.63, 3.8) is 0 Å². The van der Waals surface area contributed by atoms with Gasteiger partial charge in [-0.1, -0.05) is 59.6 Å². The molecule has 4 N–H and O–H groups in total. The number of nitrogens with zero attached hydrogens (tertiary/aromatic N) is 4. The smallest absolute Gasteiger partial charge is 0.407 e. The number of ether oxygens (including phenoxy) is 1. The molecular formula is C38H38Cl2N6O6. The molecule has 0 spiro atoms. The molecule has 4 heterocycles. The molecule has 270 valence electrons. The molecule has 2 atom stereocenters. The molecular weight excluding hydrogens is 707 g/mol. The first-order valence-corrected chi connectivity index (χ1v) is 17.5. The Hall–Kier alpha value is -5.01. The molecule has 0 aliphatic carbocycles. The van der Waals surface area contributed by atoms with E-state index in [1.165, 1.54) is 16.4 Å². The maximum Gasteiger partial charge on any atom is 0.407 e. The fourth-order valence-electron chi connectivity index (χ4n) is 6.38. The third-order valence-corrected chi connectivity index (χ3v) is 9.85. The number of aliphatic hydroxyl groups excluding tert-OH is 1. The summed E-state index contributed by atoms with van der Waals surface area (Å²) < 4.78 is 7.08. The number of benzene rings is 2. The summed E-state index contributed by atoms with van der Waals surface area (Å²) in [6, 6.07) is 18.1. The van der Waals surface area contributed by atoms with E-state index in [1.54, 1.807) is 32.2 Å². The van der Waals surface area contributed by atoms with E-state index >= 15 is 0 Å². The summed E-state index contributed by atoms with van der Waals surface area (Å²) in [5.41, 5.74) is 5.96. The van der Waals surface area contributed by atoms with Crippen molar-refractivity contribution in [1.82, 2.24) is 29.9 Å². The van der Waals surface area contributed by atoms with Gasteiger partial charge in [0, 0.05) is 71.8 Å². The van der Waals surface area contributed by atoms with Crippen LogP contribution >= 0.6 is 23.2 Å². The van der Waals surface area contributed by atoms with Crippen LogP contribution in [0.3, 0.4) is 0 Å². The number of fused-ring (bicyclic) bond motifs is 1. The number of hydrogen-bond acceptors (Lipinski definition) is 8. The second kappa shape index (κ2) is 15.7. The van der Waals surface area contributed by atoms with Crippen molar-refractivity contribution in [3.05, 3.63) is 104 Å². The number of aryl methyl sites for hydroxylation is 1. The molecule has 0 saturated carbocycles. The zero-order valence-electron chi connectivity index (χ0n) is 28.8. The van der Waals surface area contributed by atoms with Crippen LogP contribution in [-0.2, 0) is 17.9 Å². The fraction of sp³-hybridized carbons (Fsp3) is 0.289. The second-order valence-corrected chi connectivity index (χ2v) is 13.5. The van der Waals surface area contributed by atoms with Crippen LogP contribution in [0.4, 0.5) is 4.79 Å². The number of pyridine rings is 2. The van der Waals surface area contributed by atoms with E-state index in [9.17, 15) is 24.6 Å². The second-order valence-electron chi connectivity index (χ2n) is 12.8. The molecule has 6 rings (SSSR count). The minimum Gasteiger partial charge on any atom is -0.481 e. The number of amides is 2. The highest BCUT2D eigenvalue weighted by molar-refractivity contribution is 6.39. The lowest BCUT2D eigenvalue weighted by atomic mass is 9.97. The van der Waals surface area contributed by atoms with Crippen LogP contribution in [-0.4, -0.2) is 73.8 Å². The molecule has 1 aliphatic heterocycles. The summed E-state index contributed by atoms with van der Waals surface area (Å²) in [5, 5.41) is 26.2. The lowest BCUT2D eigenvalue weighted by Gasteiger charge is -2.23. The average Bonchev–Trinajstić information content (AvgIpc) is 3.53. The van der Waals surface area contributed by atoms with Crippen LogP contribution in [0.15, 0.2) is 71.7 Å². The topological polar surface area (TPSA) is 158 Å². The van der Waals surface area contributed by atoms with Gasteiger partial charge in [-0.05, 0) is 50.1 Å². The first-order chi connectivity index (χ1) is 24.9. The van der Waals surface area contributed by atoms with Gasteiger partial charge in [0.25, 0.3) is 5.56 Å². The number of methoxy groups -OCH3 is 1. The molecule has 3 aromatic heterocycles. The number of nitrogens with one attached hydrogen (secondary N) is 2. The quantitative estimate of drug-likeness (QED) is 0.121. The van der Waals surface area contributed by atoms with E-state index < -0.39 is 12.2 Å². The van der Waals surface area contributed by atoms with Gasteiger partial charge in [-0.2, -0.15) is 0 Å². The molecule has 2 unspecified atom stereocenters. The number of hydrogen-bond donors (Lipinski definition) is 4. The maximum absolute atomic E-state index is 13.3. The van der Waals surface area contributed by atoms with Gasteiger partial charge in [-0.15, -0.1) is 0 Å². The minimum absolute atomic E-state index is 0.0230. The van der Waals surface area contributed by atoms with Gasteiger partial charge in [0.2, 0.25) is 11.8 Å². The van der Waals surface area contributed by atoms with E-state index in [2.05, 4.69) is 10.6 Å². The van der Waals surface area contributed by atoms with Gasteiger partial charge in [-0.25, -0.2) is 14.8 Å². The normalized spacial score (nSPS) is 14.7. The SMILES string of the molecule is COc1nc(-c2cccc(-c3cccc(-c4ccn5c(=O)c(CNCC(C)O)c(C)nc5c4)c3Cl)c2Cl)ccc1CN(CC1CCC(=O)N1)C(=O)O. The first-order valence-electron chi connectivity index (χ1n) is 16.7. The molecule has 2 amide bonds. The summed E-state index contributed by atoms with van der Waals surface area (Å²) in [6.07, 6.45) is 0.984. The fourth-order valence-corrected chi connectivity index (χ4v) is 7.04. The van der Waals surface area contributed by atoms with Gasteiger partial charge >= 0.3 is 6.09 Å². The van der Waals surface area contributed by atoms with Gasteiger partial charge < -0.3 is 30.5 Å². The zero-order chi connectivity index (χ0) is 37.1. The van der Waals surface area contributed by atoms with Crippen molar-refractivity contribution in [2.24, 2.45) is 0 Å². The van der Waals surface area contributed by atoms with Gasteiger partial charge in [0.05, 0.1) is 41.1 Å². The monoisotopic (exact) mass is 744 g/mol. The molecule has 12 nitrogen and oxygen atoms in total. The Morgan fingerprint density at radius 1 is 1.06 bits per heavy atom. The van der Waals surface area contributed by atoms with Gasteiger partial charge in [-0.3, -0.25) is 14.0 Å². The number of rotatable bonds is 12. The van der Waals surface area contributed by atoms with Crippen LogP contribution in [0.1, 0.15) is 36.6 Å². The van der Waals surface area contributed by atoms with Crippen molar-refractivity contribution in [1.29, 1.82) is 0 Å². The first kappa shape index (κ1) is 36.8. The Bertz CT molecular complexity index is 2230. The lowest BCUT2D eigenvalue weighted by Crippen LogP contribution is -2.41. The molecule has 1 aliphatic rings. The average molecular weight is 746 g/mol. The van der Waals surface area contributed by atoms with Crippen LogP contribution in [0, 0.1) is 6.92 Å². The highest BCUT2D eigenvalue weighted by atomic mass is 35.5. The predicted octanol–water partition coefficient (Wildman–Crippen LogP) is 5.94. The Kier molecular flexibility index (Phi) is 11.1. The van der Waals surface area contributed by atoms with E-state index in [0.717, 1.165) is 11.1 Å². The number of aliphatic hydroxyl groups is 1. The molecule has 0 bridgehead atoms. The van der Waals surface area contributed by atoms with Gasteiger partial charge in [0.1, 0.15) is 5.65 Å². The Morgan fingerprint density at radius 3 is 2.40 bits per heavy atom. The molecule has 14 heteroatoms. The minimum atomic E-state index is -1.11. The summed E-state index contributed by atoms with van der Waals surface area (Å²) in [7, 11) is 1.47.